The van der Waals surface area contributed by atoms with Gasteiger partial charge in [-0.1, -0.05) is 99.7 Å². The van der Waals surface area contributed by atoms with Crippen LogP contribution in [0.15, 0.2) is 110 Å². The molecule has 0 N–H and O–H groups in total. The number of pyridine rings is 5. The van der Waals surface area contributed by atoms with Gasteiger partial charge in [0.25, 0.3) is 0 Å². The first-order valence-corrected chi connectivity index (χ1v) is 20.2. The number of fused-ring (bicyclic) bond motifs is 2. The minimum atomic E-state index is -0.601. The van der Waals surface area contributed by atoms with E-state index in [9.17, 15) is 0 Å². The first-order valence-electron chi connectivity index (χ1n) is 20.2. The van der Waals surface area contributed by atoms with E-state index in [4.69, 9.17) is 33.9 Å². The van der Waals surface area contributed by atoms with Crippen LogP contribution in [0.2, 0.25) is 0 Å². The minimum absolute atomic E-state index is 0. The van der Waals surface area contributed by atoms with Crippen LogP contribution in [-0.2, 0) is 20.4 Å². The molecule has 295 valence electrons. The van der Waals surface area contributed by atoms with Gasteiger partial charge in [-0.25, -0.2) is 4.98 Å². The Morgan fingerprint density at radius 1 is 0.544 bits per heavy atom. The summed E-state index contributed by atoms with van der Waals surface area (Å²) in [5, 5.41) is 0. The molecule has 0 saturated carbocycles. The molecule has 1 aromatic carbocycles. The average molecular weight is 935 g/mol. The Morgan fingerprint density at radius 2 is 1.14 bits per heavy atom. The quantitative estimate of drug-likeness (QED) is 0.109. The van der Waals surface area contributed by atoms with Crippen molar-refractivity contribution in [2.24, 2.45) is 0 Å². The zero-order valence-electron chi connectivity index (χ0n) is 32.6. The van der Waals surface area contributed by atoms with Crippen molar-refractivity contribution in [2.45, 2.75) is 90.3 Å². The molecule has 0 fully saturated rings. The third-order valence-corrected chi connectivity index (χ3v) is 9.73. The maximum absolute atomic E-state index is 6.86. The summed E-state index contributed by atoms with van der Waals surface area (Å²) in [6.45, 7) is 3.45. The number of ether oxygens (including phenoxy) is 4. The molecular weight excluding hydrogens is 885 g/mol. The van der Waals surface area contributed by atoms with Crippen molar-refractivity contribution in [3.63, 3.8) is 0 Å². The van der Waals surface area contributed by atoms with Gasteiger partial charge < -0.3 is 18.9 Å². The summed E-state index contributed by atoms with van der Waals surface area (Å²) in [4.78, 5) is 23.7. The second-order valence-electron chi connectivity index (χ2n) is 14.0. The van der Waals surface area contributed by atoms with Crippen LogP contribution in [-0.4, -0.2) is 44.4 Å². The van der Waals surface area contributed by atoms with E-state index in [1.54, 1.807) is 24.8 Å². The van der Waals surface area contributed by atoms with Crippen LogP contribution in [0.1, 0.15) is 84.0 Å². The van der Waals surface area contributed by atoms with E-state index in [2.05, 4.69) is 23.0 Å². The molecule has 1 unspecified atom stereocenters. The van der Waals surface area contributed by atoms with Gasteiger partial charge in [-0.3, -0.25) is 19.9 Å². The first kappa shape index (κ1) is 41.5. The molecule has 5 aromatic heterocycles. The van der Waals surface area contributed by atoms with Crippen LogP contribution < -0.4 is 18.9 Å². The van der Waals surface area contributed by atoms with Gasteiger partial charge in [-0.15, -0.1) is 6.07 Å². The van der Waals surface area contributed by atoms with Gasteiger partial charge in [0.1, 0.15) is 11.5 Å². The van der Waals surface area contributed by atoms with Crippen molar-refractivity contribution < 1.29 is 39.4 Å². The van der Waals surface area contributed by atoms with Gasteiger partial charge in [0.2, 0.25) is 6.29 Å². The van der Waals surface area contributed by atoms with E-state index in [0.717, 1.165) is 102 Å². The molecule has 0 aliphatic carbocycles. The summed E-state index contributed by atoms with van der Waals surface area (Å²) in [7, 11) is 0. The number of hydrogen-bond donors (Lipinski definition) is 0. The fourth-order valence-corrected chi connectivity index (χ4v) is 6.69. The normalized spacial score (nSPS) is 14.9. The first-order chi connectivity index (χ1) is 27.7. The van der Waals surface area contributed by atoms with Crippen molar-refractivity contribution in [1.82, 2.24) is 24.9 Å². The van der Waals surface area contributed by atoms with Crippen LogP contribution in [0, 0.1) is 6.07 Å². The molecule has 6 aromatic rings. The average Bonchev–Trinajstić information content (AvgIpc) is 3.25. The predicted octanol–water partition coefficient (Wildman–Crippen LogP) is 11.4. The minimum Gasteiger partial charge on any atom is -0.528 e. The van der Waals surface area contributed by atoms with E-state index in [-0.39, 0.29) is 20.4 Å². The summed E-state index contributed by atoms with van der Waals surface area (Å²) in [6.07, 6.45) is 19.1. The Labute approximate surface area is 350 Å². The second kappa shape index (κ2) is 22.0. The SMILES string of the molecule is CCCCCCCC1Oc2ccc(nc2)-c2cccc(n2)-c2ccc(cn2)OCCCCCCCCOc2cc(c(-c3ccccn3)[c-]c2-c2ccccn2)O1.[Re]. The molecule has 8 bridgehead atoms. The molecule has 10 heteroatoms. The largest absolute Gasteiger partial charge is 0.528 e. The number of rotatable bonds is 8. The second-order valence-corrected chi connectivity index (χ2v) is 14.0. The Kier molecular flexibility index (Phi) is 16.0. The number of aromatic nitrogens is 5. The van der Waals surface area contributed by atoms with Crippen LogP contribution in [0.5, 0.6) is 23.0 Å². The maximum atomic E-state index is 6.86. The number of benzene rings is 1. The summed E-state index contributed by atoms with van der Waals surface area (Å²) in [5.74, 6) is 2.61. The molecular formula is C47H50N5O4Re-. The molecule has 0 saturated heterocycles. The maximum Gasteiger partial charge on any atom is 0.233 e. The molecule has 0 amide bonds. The fourth-order valence-electron chi connectivity index (χ4n) is 6.69. The van der Waals surface area contributed by atoms with Gasteiger partial charge in [-0.05, 0) is 73.9 Å². The number of hydrogen-bond acceptors (Lipinski definition) is 9. The van der Waals surface area contributed by atoms with E-state index in [1.165, 1.54) is 19.3 Å². The Morgan fingerprint density at radius 3 is 1.75 bits per heavy atom. The van der Waals surface area contributed by atoms with Crippen molar-refractivity contribution in [2.75, 3.05) is 13.2 Å². The van der Waals surface area contributed by atoms with Crippen molar-refractivity contribution in [3.8, 4) is 68.3 Å². The molecule has 1 radical (unpaired) electrons. The topological polar surface area (TPSA) is 101 Å². The van der Waals surface area contributed by atoms with Gasteiger partial charge in [0, 0.05) is 50.6 Å². The van der Waals surface area contributed by atoms with Gasteiger partial charge in [0.05, 0.1) is 59.9 Å². The van der Waals surface area contributed by atoms with Crippen LogP contribution in [0.4, 0.5) is 0 Å². The van der Waals surface area contributed by atoms with E-state index in [0.29, 0.717) is 36.9 Å². The zero-order valence-corrected chi connectivity index (χ0v) is 35.3. The van der Waals surface area contributed by atoms with Crippen molar-refractivity contribution >= 4 is 0 Å². The summed E-state index contributed by atoms with van der Waals surface area (Å²) in [6, 6.07) is 30.9. The molecule has 9 rings (SSSR count). The monoisotopic (exact) mass is 935 g/mol. The van der Waals surface area contributed by atoms with Crippen molar-refractivity contribution in [1.29, 1.82) is 0 Å². The molecule has 3 aliphatic heterocycles. The van der Waals surface area contributed by atoms with Gasteiger partial charge in [-0.2, -0.15) is 0 Å². The molecule has 57 heavy (non-hydrogen) atoms. The summed E-state index contributed by atoms with van der Waals surface area (Å²) < 4.78 is 26.0. The smallest absolute Gasteiger partial charge is 0.233 e. The van der Waals surface area contributed by atoms with Gasteiger partial charge in [0.15, 0.2) is 0 Å². The third kappa shape index (κ3) is 11.9. The third-order valence-electron chi connectivity index (χ3n) is 9.73. The van der Waals surface area contributed by atoms with Crippen LogP contribution in [0.25, 0.3) is 45.3 Å². The molecule has 3 aliphatic rings. The number of unbranched alkanes of at least 4 members (excludes halogenated alkanes) is 4. The van der Waals surface area contributed by atoms with Crippen LogP contribution >= 0.6 is 0 Å². The molecule has 1 atom stereocenters. The van der Waals surface area contributed by atoms with Crippen LogP contribution in [0.3, 0.4) is 0 Å². The Hall–Kier alpha value is -5.17. The fraction of sp³-hybridized carbons (Fsp3) is 0.340. The van der Waals surface area contributed by atoms with Gasteiger partial charge >= 0.3 is 0 Å². The predicted molar refractivity (Wildman–Crippen MR) is 220 cm³/mol. The molecule has 8 heterocycles. The van der Waals surface area contributed by atoms with Crippen molar-refractivity contribution in [3.05, 3.63) is 116 Å². The molecule has 0 spiro atoms. The Bertz CT molecular complexity index is 2090. The summed E-state index contributed by atoms with van der Waals surface area (Å²) >= 11 is 0. The standard InChI is InChI=1S/C47H50N5O4.Re/c1-2-3-4-7-10-22-47-55-36-24-26-42(51-34-36)44-21-17-20-43(52-44)41-25-23-35(33-50-41)53-29-15-8-5-6-9-16-30-54-45-32-46(56-47)38(40-19-12-14-28-49-40)31-37(45)39-18-11-13-27-48-39;/h11-14,17-21,23-28,32-34,47H,2-10,15-16,22,29-30H2,1H3;/q-1;. The summed E-state index contributed by atoms with van der Waals surface area (Å²) in [5.41, 5.74) is 6.00. The zero-order chi connectivity index (χ0) is 38.2. The van der Waals surface area contributed by atoms with E-state index in [1.807, 2.05) is 84.9 Å². The number of nitrogens with zero attached hydrogens (tertiary/aromatic N) is 5. The van der Waals surface area contributed by atoms with E-state index >= 15 is 0 Å². The molecule has 9 nitrogen and oxygen atoms in total. The Balaban J connectivity index is 0.00000549. The van der Waals surface area contributed by atoms with E-state index < -0.39 is 6.29 Å².